The van der Waals surface area contributed by atoms with Gasteiger partial charge in [0, 0.05) is 24.5 Å². The number of aryl methyl sites for hydroxylation is 1. The summed E-state index contributed by atoms with van der Waals surface area (Å²) in [6, 6.07) is 17.4. The molecule has 9 heteroatoms. The average molecular weight is 486 g/mol. The van der Waals surface area contributed by atoms with Crippen LogP contribution in [0.5, 0.6) is 0 Å². The molecule has 1 atom stereocenters. The molecule has 0 aliphatic heterocycles. The Kier molecular flexibility index (Phi) is 8.01. The highest BCUT2D eigenvalue weighted by Gasteiger charge is 2.20. The zero-order valence-electron chi connectivity index (χ0n) is 18.7. The minimum absolute atomic E-state index is 0.0119. The second-order valence-electron chi connectivity index (χ2n) is 7.61. The molecule has 0 saturated carbocycles. The van der Waals surface area contributed by atoms with Crippen LogP contribution in [0.15, 0.2) is 70.9 Å². The highest BCUT2D eigenvalue weighted by Crippen LogP contribution is 2.26. The Bertz CT molecular complexity index is 1200. The first kappa shape index (κ1) is 24.6. The number of hydrogen-bond donors (Lipinski definition) is 2. The predicted octanol–water partition coefficient (Wildman–Crippen LogP) is 3.20. The zero-order chi connectivity index (χ0) is 24.0. The SMILES string of the molecule is CCc1ccc(C(NC(=O)CNC(=O)c2cccc(S(=O)(=O)N(C)C)c2)c2cccs2)cc1. The van der Waals surface area contributed by atoms with E-state index in [-0.39, 0.29) is 29.0 Å². The van der Waals surface area contributed by atoms with E-state index >= 15 is 0 Å². The smallest absolute Gasteiger partial charge is 0.251 e. The second kappa shape index (κ2) is 10.7. The van der Waals surface area contributed by atoms with Gasteiger partial charge >= 0.3 is 0 Å². The highest BCUT2D eigenvalue weighted by molar-refractivity contribution is 7.89. The quantitative estimate of drug-likeness (QED) is 0.487. The summed E-state index contributed by atoms with van der Waals surface area (Å²) < 4.78 is 25.7. The van der Waals surface area contributed by atoms with Gasteiger partial charge in [0.1, 0.15) is 0 Å². The molecule has 2 amide bonds. The summed E-state index contributed by atoms with van der Waals surface area (Å²) in [4.78, 5) is 26.2. The van der Waals surface area contributed by atoms with E-state index in [1.54, 1.807) is 11.3 Å². The fourth-order valence-corrected chi connectivity index (χ4v) is 4.95. The van der Waals surface area contributed by atoms with Crippen molar-refractivity contribution in [2.75, 3.05) is 20.6 Å². The molecule has 3 rings (SSSR count). The lowest BCUT2D eigenvalue weighted by Crippen LogP contribution is -2.38. The first-order valence-corrected chi connectivity index (χ1v) is 12.8. The van der Waals surface area contributed by atoms with Crippen LogP contribution in [0.4, 0.5) is 0 Å². The van der Waals surface area contributed by atoms with Crippen LogP contribution in [0.3, 0.4) is 0 Å². The maximum atomic E-state index is 12.7. The van der Waals surface area contributed by atoms with Crippen LogP contribution in [-0.2, 0) is 21.2 Å². The van der Waals surface area contributed by atoms with Gasteiger partial charge in [-0.05, 0) is 47.2 Å². The monoisotopic (exact) mass is 485 g/mol. The van der Waals surface area contributed by atoms with Gasteiger partial charge in [0.15, 0.2) is 0 Å². The molecule has 7 nitrogen and oxygen atoms in total. The van der Waals surface area contributed by atoms with E-state index in [1.165, 1.54) is 43.9 Å². The number of amides is 2. The van der Waals surface area contributed by atoms with Crippen molar-refractivity contribution in [1.82, 2.24) is 14.9 Å². The van der Waals surface area contributed by atoms with E-state index in [4.69, 9.17) is 0 Å². The van der Waals surface area contributed by atoms with E-state index in [0.29, 0.717) is 0 Å². The van der Waals surface area contributed by atoms with Gasteiger partial charge in [-0.15, -0.1) is 11.3 Å². The Balaban J connectivity index is 1.68. The maximum Gasteiger partial charge on any atom is 0.251 e. The fourth-order valence-electron chi connectivity index (χ4n) is 3.20. The molecule has 3 aromatic rings. The summed E-state index contributed by atoms with van der Waals surface area (Å²) in [7, 11) is -0.820. The summed E-state index contributed by atoms with van der Waals surface area (Å²) >= 11 is 1.54. The topological polar surface area (TPSA) is 95.6 Å². The molecule has 0 spiro atoms. The van der Waals surface area contributed by atoms with Crippen molar-refractivity contribution in [2.45, 2.75) is 24.3 Å². The number of carbonyl (C=O) groups excluding carboxylic acids is 2. The Morgan fingerprint density at radius 1 is 1.03 bits per heavy atom. The minimum atomic E-state index is -3.67. The Morgan fingerprint density at radius 2 is 1.76 bits per heavy atom. The lowest BCUT2D eigenvalue weighted by atomic mass is 10.0. The van der Waals surface area contributed by atoms with E-state index in [1.807, 2.05) is 41.8 Å². The van der Waals surface area contributed by atoms with E-state index in [0.717, 1.165) is 21.2 Å². The van der Waals surface area contributed by atoms with Gasteiger partial charge in [0.2, 0.25) is 15.9 Å². The number of sulfonamides is 1. The third-order valence-electron chi connectivity index (χ3n) is 5.14. The van der Waals surface area contributed by atoms with Crippen LogP contribution in [0.1, 0.15) is 39.3 Å². The molecule has 0 fully saturated rings. The van der Waals surface area contributed by atoms with Crippen LogP contribution in [0.2, 0.25) is 0 Å². The van der Waals surface area contributed by atoms with Crippen molar-refractivity contribution in [3.63, 3.8) is 0 Å². The number of nitrogens with one attached hydrogen (secondary N) is 2. The Hall–Kier alpha value is -3.01. The van der Waals surface area contributed by atoms with Crippen LogP contribution in [0, 0.1) is 0 Å². The maximum absolute atomic E-state index is 12.7. The Labute approximate surface area is 198 Å². The molecule has 1 heterocycles. The number of carbonyl (C=O) groups is 2. The van der Waals surface area contributed by atoms with Gasteiger partial charge < -0.3 is 10.6 Å². The third kappa shape index (κ3) is 6.07. The molecular formula is C24H27N3O4S2. The molecular weight excluding hydrogens is 458 g/mol. The van der Waals surface area contributed by atoms with Crippen LogP contribution >= 0.6 is 11.3 Å². The van der Waals surface area contributed by atoms with E-state index < -0.39 is 15.9 Å². The van der Waals surface area contributed by atoms with Crippen molar-refractivity contribution in [3.05, 3.63) is 87.6 Å². The fraction of sp³-hybridized carbons (Fsp3) is 0.250. The number of nitrogens with zero attached hydrogens (tertiary/aromatic N) is 1. The largest absolute Gasteiger partial charge is 0.343 e. The van der Waals surface area contributed by atoms with E-state index in [2.05, 4.69) is 17.6 Å². The lowest BCUT2D eigenvalue weighted by Gasteiger charge is -2.19. The first-order chi connectivity index (χ1) is 15.7. The van der Waals surface area contributed by atoms with Gasteiger partial charge in [0.25, 0.3) is 5.91 Å². The summed E-state index contributed by atoms with van der Waals surface area (Å²) in [5.41, 5.74) is 2.33. The summed E-state index contributed by atoms with van der Waals surface area (Å²) in [5.74, 6) is -0.876. The predicted molar refractivity (Wildman–Crippen MR) is 130 cm³/mol. The molecule has 0 aliphatic carbocycles. The van der Waals surface area contributed by atoms with Crippen molar-refractivity contribution in [1.29, 1.82) is 0 Å². The molecule has 0 bridgehead atoms. The average Bonchev–Trinajstić information content (AvgIpc) is 3.35. The van der Waals surface area contributed by atoms with E-state index in [9.17, 15) is 18.0 Å². The van der Waals surface area contributed by atoms with Crippen molar-refractivity contribution < 1.29 is 18.0 Å². The molecule has 33 heavy (non-hydrogen) atoms. The number of hydrogen-bond acceptors (Lipinski definition) is 5. The van der Waals surface area contributed by atoms with Gasteiger partial charge in [-0.25, -0.2) is 12.7 Å². The summed E-state index contributed by atoms with van der Waals surface area (Å²) in [6.07, 6.45) is 0.930. The molecule has 0 radical (unpaired) electrons. The number of thiophene rings is 1. The van der Waals surface area contributed by atoms with Gasteiger partial charge in [-0.1, -0.05) is 43.3 Å². The van der Waals surface area contributed by atoms with Crippen LogP contribution < -0.4 is 10.6 Å². The molecule has 0 aliphatic rings. The first-order valence-electron chi connectivity index (χ1n) is 10.4. The highest BCUT2D eigenvalue weighted by atomic mass is 32.2. The third-order valence-corrected chi connectivity index (χ3v) is 7.89. The Morgan fingerprint density at radius 3 is 2.36 bits per heavy atom. The van der Waals surface area contributed by atoms with Crippen LogP contribution in [-0.4, -0.2) is 45.2 Å². The molecule has 1 unspecified atom stereocenters. The summed E-state index contributed by atoms with van der Waals surface area (Å²) in [6.45, 7) is 1.85. The normalized spacial score (nSPS) is 12.4. The molecule has 0 saturated heterocycles. The summed E-state index contributed by atoms with van der Waals surface area (Å²) in [5, 5.41) is 7.51. The van der Waals surface area contributed by atoms with Gasteiger partial charge in [0.05, 0.1) is 17.5 Å². The number of rotatable bonds is 9. The van der Waals surface area contributed by atoms with Gasteiger partial charge in [-0.3, -0.25) is 9.59 Å². The lowest BCUT2D eigenvalue weighted by molar-refractivity contribution is -0.120. The zero-order valence-corrected chi connectivity index (χ0v) is 20.4. The molecule has 174 valence electrons. The second-order valence-corrected chi connectivity index (χ2v) is 10.7. The molecule has 2 N–H and O–H groups in total. The van der Waals surface area contributed by atoms with Crippen LogP contribution in [0.25, 0.3) is 0 Å². The van der Waals surface area contributed by atoms with Crippen molar-refractivity contribution in [3.8, 4) is 0 Å². The minimum Gasteiger partial charge on any atom is -0.343 e. The number of benzene rings is 2. The van der Waals surface area contributed by atoms with Crippen molar-refractivity contribution >= 4 is 33.2 Å². The standard InChI is InChI=1S/C24H27N3O4S2/c1-4-17-10-12-18(13-11-17)23(21-9-6-14-32-21)26-22(28)16-25-24(29)19-7-5-8-20(15-19)33(30,31)27(2)3/h5-15,23H,4,16H2,1-3H3,(H,25,29)(H,26,28). The van der Waals surface area contributed by atoms with Crippen molar-refractivity contribution in [2.24, 2.45) is 0 Å². The van der Waals surface area contributed by atoms with Gasteiger partial charge in [-0.2, -0.15) is 0 Å². The molecule has 2 aromatic carbocycles. The molecule has 1 aromatic heterocycles.